The molecule has 0 spiro atoms. The van der Waals surface area contributed by atoms with Gasteiger partial charge in [-0.1, -0.05) is 34.1 Å². The number of hydrogen-bond acceptors (Lipinski definition) is 3. The zero-order valence-electron chi connectivity index (χ0n) is 11.5. The van der Waals surface area contributed by atoms with Gasteiger partial charge in [-0.2, -0.15) is 0 Å². The Hall–Kier alpha value is -1.78. The summed E-state index contributed by atoms with van der Waals surface area (Å²) in [5, 5.41) is 11.5. The highest BCUT2D eigenvalue weighted by Gasteiger charge is 2.16. The second-order valence-corrected chi connectivity index (χ2v) is 5.72. The van der Waals surface area contributed by atoms with Crippen molar-refractivity contribution >= 4 is 26.9 Å². The predicted octanol–water partition coefficient (Wildman–Crippen LogP) is 4.48. The number of rotatable bonds is 4. The highest BCUT2D eigenvalue weighted by Crippen LogP contribution is 2.31. The molecule has 1 heterocycles. The largest absolute Gasteiger partial charge is 0.497 e. The molecular formula is C17H15BrO3. The minimum Gasteiger partial charge on any atom is -0.497 e. The van der Waals surface area contributed by atoms with Crippen LogP contribution in [0, 0.1) is 0 Å². The fraction of sp³-hybridized carbons (Fsp3) is 0.176. The van der Waals surface area contributed by atoms with Crippen molar-refractivity contribution in [3.63, 3.8) is 0 Å². The summed E-state index contributed by atoms with van der Waals surface area (Å²) < 4.78 is 11.7. The van der Waals surface area contributed by atoms with Gasteiger partial charge in [0.05, 0.1) is 19.5 Å². The van der Waals surface area contributed by atoms with E-state index in [2.05, 4.69) is 15.9 Å². The molecule has 0 aliphatic carbocycles. The number of hydrogen-bond donors (Lipinski definition) is 1. The van der Waals surface area contributed by atoms with Gasteiger partial charge in [0.25, 0.3) is 0 Å². The molecule has 0 saturated heterocycles. The van der Waals surface area contributed by atoms with Crippen molar-refractivity contribution in [3.05, 3.63) is 64.3 Å². The van der Waals surface area contributed by atoms with Gasteiger partial charge >= 0.3 is 0 Å². The third-order valence-corrected chi connectivity index (χ3v) is 4.31. The van der Waals surface area contributed by atoms with Crippen LogP contribution in [0.1, 0.15) is 17.2 Å². The smallest absolute Gasteiger partial charge is 0.134 e. The number of ether oxygens (including phenoxy) is 1. The van der Waals surface area contributed by atoms with Gasteiger partial charge in [0.2, 0.25) is 0 Å². The molecule has 3 aromatic rings. The van der Waals surface area contributed by atoms with Crippen molar-refractivity contribution in [2.45, 2.75) is 12.5 Å². The second-order valence-electron chi connectivity index (χ2n) is 4.86. The van der Waals surface area contributed by atoms with Gasteiger partial charge in [-0.3, -0.25) is 0 Å². The van der Waals surface area contributed by atoms with Crippen LogP contribution in [0.5, 0.6) is 5.75 Å². The van der Waals surface area contributed by atoms with Crippen LogP contribution in [0.4, 0.5) is 0 Å². The highest BCUT2D eigenvalue weighted by atomic mass is 79.9. The Balaban J connectivity index is 1.91. The molecule has 4 heteroatoms. The maximum Gasteiger partial charge on any atom is 0.134 e. The summed E-state index contributed by atoms with van der Waals surface area (Å²) in [4.78, 5) is 0. The van der Waals surface area contributed by atoms with E-state index >= 15 is 0 Å². The summed E-state index contributed by atoms with van der Waals surface area (Å²) in [6.45, 7) is 0. The van der Waals surface area contributed by atoms with Gasteiger partial charge in [-0.25, -0.2) is 0 Å². The summed E-state index contributed by atoms with van der Waals surface area (Å²) in [6, 6.07) is 13.4. The lowest BCUT2D eigenvalue weighted by atomic mass is 10.0. The van der Waals surface area contributed by atoms with E-state index in [0.717, 1.165) is 32.3 Å². The van der Waals surface area contributed by atoms with E-state index in [-0.39, 0.29) is 0 Å². The topological polar surface area (TPSA) is 42.6 Å². The molecule has 0 amide bonds. The first kappa shape index (κ1) is 14.2. The first-order valence-electron chi connectivity index (χ1n) is 6.65. The number of halogens is 1. The first-order chi connectivity index (χ1) is 10.2. The molecule has 0 fully saturated rings. The summed E-state index contributed by atoms with van der Waals surface area (Å²) >= 11 is 3.51. The van der Waals surface area contributed by atoms with E-state index in [1.807, 2.05) is 42.5 Å². The van der Waals surface area contributed by atoms with E-state index in [4.69, 9.17) is 9.15 Å². The van der Waals surface area contributed by atoms with Gasteiger partial charge < -0.3 is 14.3 Å². The normalized spacial score (nSPS) is 12.5. The monoisotopic (exact) mass is 346 g/mol. The standard InChI is InChI=1S/C17H15BrO3/c1-20-12-6-7-15(18)11(8-12)9-16(19)14-10-21-17-5-3-2-4-13(14)17/h2-8,10,16,19H,9H2,1H3. The average Bonchev–Trinajstić information content (AvgIpc) is 2.93. The molecule has 3 nitrogen and oxygen atoms in total. The molecule has 21 heavy (non-hydrogen) atoms. The summed E-state index contributed by atoms with van der Waals surface area (Å²) in [5.41, 5.74) is 2.59. The van der Waals surface area contributed by atoms with E-state index in [1.165, 1.54) is 0 Å². The van der Waals surface area contributed by atoms with Gasteiger partial charge in [-0.05, 0) is 29.8 Å². The molecule has 0 radical (unpaired) electrons. The van der Waals surface area contributed by atoms with Crippen molar-refractivity contribution in [2.24, 2.45) is 0 Å². The van der Waals surface area contributed by atoms with Gasteiger partial charge in [0.15, 0.2) is 0 Å². The summed E-state index contributed by atoms with van der Waals surface area (Å²) in [5.74, 6) is 0.775. The van der Waals surface area contributed by atoms with Crippen LogP contribution in [0.2, 0.25) is 0 Å². The molecule has 2 aromatic carbocycles. The Labute approximate surface area is 131 Å². The van der Waals surface area contributed by atoms with Crippen LogP contribution in [0.15, 0.2) is 57.6 Å². The SMILES string of the molecule is COc1ccc(Br)c(CC(O)c2coc3ccccc23)c1. The second kappa shape index (κ2) is 5.92. The third kappa shape index (κ3) is 2.82. The molecule has 1 unspecified atom stereocenters. The van der Waals surface area contributed by atoms with Crippen molar-refractivity contribution in [2.75, 3.05) is 7.11 Å². The van der Waals surface area contributed by atoms with E-state index in [1.54, 1.807) is 13.4 Å². The van der Waals surface area contributed by atoms with Crippen LogP contribution in [0.25, 0.3) is 11.0 Å². The maximum absolute atomic E-state index is 10.5. The van der Waals surface area contributed by atoms with Crippen LogP contribution in [0.3, 0.4) is 0 Å². The highest BCUT2D eigenvalue weighted by molar-refractivity contribution is 9.10. The Morgan fingerprint density at radius 1 is 1.24 bits per heavy atom. The maximum atomic E-state index is 10.5. The number of aliphatic hydroxyl groups is 1. The molecule has 1 aromatic heterocycles. The fourth-order valence-electron chi connectivity index (χ4n) is 2.41. The van der Waals surface area contributed by atoms with Crippen LogP contribution in [-0.4, -0.2) is 12.2 Å². The Bertz CT molecular complexity index is 764. The fourth-order valence-corrected chi connectivity index (χ4v) is 2.82. The number of para-hydroxylation sites is 1. The molecule has 0 bridgehead atoms. The Morgan fingerprint density at radius 2 is 2.05 bits per heavy atom. The molecule has 1 atom stereocenters. The summed E-state index contributed by atoms with van der Waals surface area (Å²) in [6.07, 6.45) is 1.49. The quantitative estimate of drug-likeness (QED) is 0.757. The van der Waals surface area contributed by atoms with Crippen molar-refractivity contribution in [1.82, 2.24) is 0 Å². The van der Waals surface area contributed by atoms with Crippen molar-refractivity contribution in [1.29, 1.82) is 0 Å². The predicted molar refractivity (Wildman–Crippen MR) is 85.6 cm³/mol. The van der Waals surface area contributed by atoms with Crippen LogP contribution in [-0.2, 0) is 6.42 Å². The lowest BCUT2D eigenvalue weighted by Gasteiger charge is -2.12. The number of furan rings is 1. The van der Waals surface area contributed by atoms with Gasteiger partial charge in [-0.15, -0.1) is 0 Å². The molecule has 0 saturated carbocycles. The Kier molecular flexibility index (Phi) is 3.99. The van der Waals surface area contributed by atoms with Crippen molar-refractivity contribution in [3.8, 4) is 5.75 Å². The first-order valence-corrected chi connectivity index (χ1v) is 7.45. The number of methoxy groups -OCH3 is 1. The van der Waals surface area contributed by atoms with E-state index in [0.29, 0.717) is 6.42 Å². The Morgan fingerprint density at radius 3 is 2.86 bits per heavy atom. The third-order valence-electron chi connectivity index (χ3n) is 3.54. The zero-order chi connectivity index (χ0) is 14.8. The molecule has 3 rings (SSSR count). The number of fused-ring (bicyclic) bond motifs is 1. The lowest BCUT2D eigenvalue weighted by molar-refractivity contribution is 0.178. The molecular weight excluding hydrogens is 332 g/mol. The molecule has 108 valence electrons. The van der Waals surface area contributed by atoms with Crippen LogP contribution < -0.4 is 4.74 Å². The molecule has 0 aliphatic heterocycles. The number of benzene rings is 2. The van der Waals surface area contributed by atoms with E-state index < -0.39 is 6.10 Å². The molecule has 1 N–H and O–H groups in total. The van der Waals surface area contributed by atoms with Gasteiger partial charge in [0.1, 0.15) is 11.3 Å². The lowest BCUT2D eigenvalue weighted by Crippen LogP contribution is -2.02. The zero-order valence-corrected chi connectivity index (χ0v) is 13.1. The molecule has 0 aliphatic rings. The average molecular weight is 347 g/mol. The van der Waals surface area contributed by atoms with Crippen molar-refractivity contribution < 1.29 is 14.3 Å². The summed E-state index contributed by atoms with van der Waals surface area (Å²) in [7, 11) is 1.63. The minimum absolute atomic E-state index is 0.487. The minimum atomic E-state index is -0.628. The number of aliphatic hydroxyl groups excluding tert-OH is 1. The van der Waals surface area contributed by atoms with E-state index in [9.17, 15) is 5.11 Å². The van der Waals surface area contributed by atoms with Gasteiger partial charge in [0, 0.05) is 21.8 Å². The van der Waals surface area contributed by atoms with Crippen LogP contribution >= 0.6 is 15.9 Å².